The smallest absolute Gasteiger partial charge is 0.336 e. The number of benzene rings is 1. The van der Waals surface area contributed by atoms with Crippen molar-refractivity contribution in [2.45, 2.75) is 27.7 Å². The van der Waals surface area contributed by atoms with Gasteiger partial charge in [-0.2, -0.15) is 0 Å². The SMILES string of the molecule is Cc1cc(=O)oc2cc(OC(=O)C(C)(C)C)c(O)cc12. The van der Waals surface area contributed by atoms with E-state index in [9.17, 15) is 14.7 Å². The number of hydrogen-bond acceptors (Lipinski definition) is 5. The molecule has 0 saturated heterocycles. The van der Waals surface area contributed by atoms with E-state index in [2.05, 4.69) is 0 Å². The van der Waals surface area contributed by atoms with Gasteiger partial charge in [0, 0.05) is 17.5 Å². The van der Waals surface area contributed by atoms with Crippen molar-refractivity contribution in [3.05, 3.63) is 34.2 Å². The number of ether oxygens (including phenoxy) is 1. The number of phenolic OH excluding ortho intramolecular Hbond substituents is 1. The number of rotatable bonds is 1. The van der Waals surface area contributed by atoms with Crippen LogP contribution in [0.3, 0.4) is 0 Å². The molecule has 20 heavy (non-hydrogen) atoms. The summed E-state index contributed by atoms with van der Waals surface area (Å²) < 4.78 is 10.2. The van der Waals surface area contributed by atoms with Gasteiger partial charge in [0.15, 0.2) is 11.5 Å². The maximum atomic E-state index is 11.8. The Bertz CT molecular complexity index is 734. The maximum absolute atomic E-state index is 11.8. The van der Waals surface area contributed by atoms with E-state index in [1.54, 1.807) is 27.7 Å². The second-order valence-corrected chi connectivity index (χ2v) is 5.70. The fraction of sp³-hybridized carbons (Fsp3) is 0.333. The molecule has 5 nitrogen and oxygen atoms in total. The molecule has 0 aliphatic carbocycles. The van der Waals surface area contributed by atoms with Gasteiger partial charge in [0.05, 0.1) is 5.41 Å². The van der Waals surface area contributed by atoms with Crippen LogP contribution >= 0.6 is 0 Å². The summed E-state index contributed by atoms with van der Waals surface area (Å²) >= 11 is 0. The number of aryl methyl sites for hydroxylation is 1. The third-order valence-electron chi connectivity index (χ3n) is 2.85. The average Bonchev–Trinajstić information content (AvgIpc) is 2.30. The van der Waals surface area contributed by atoms with E-state index in [4.69, 9.17) is 9.15 Å². The summed E-state index contributed by atoms with van der Waals surface area (Å²) in [4.78, 5) is 23.2. The highest BCUT2D eigenvalue weighted by Gasteiger charge is 2.25. The second-order valence-electron chi connectivity index (χ2n) is 5.70. The lowest BCUT2D eigenvalue weighted by molar-refractivity contribution is -0.143. The zero-order valence-electron chi connectivity index (χ0n) is 11.8. The lowest BCUT2D eigenvalue weighted by Gasteiger charge is -2.17. The van der Waals surface area contributed by atoms with Crippen LogP contribution in [0.15, 0.2) is 27.4 Å². The van der Waals surface area contributed by atoms with E-state index < -0.39 is 17.0 Å². The molecule has 1 aromatic heterocycles. The van der Waals surface area contributed by atoms with Gasteiger partial charge in [-0.05, 0) is 39.3 Å². The third-order valence-corrected chi connectivity index (χ3v) is 2.85. The molecule has 0 radical (unpaired) electrons. The summed E-state index contributed by atoms with van der Waals surface area (Å²) in [6.07, 6.45) is 0. The van der Waals surface area contributed by atoms with E-state index in [0.717, 1.165) is 0 Å². The predicted octanol–water partition coefficient (Wildman–Crippen LogP) is 2.76. The highest BCUT2D eigenvalue weighted by molar-refractivity contribution is 5.85. The van der Waals surface area contributed by atoms with E-state index in [0.29, 0.717) is 10.9 Å². The zero-order valence-corrected chi connectivity index (χ0v) is 11.8. The summed E-state index contributed by atoms with van der Waals surface area (Å²) in [5.74, 6) is -0.680. The molecule has 5 heteroatoms. The van der Waals surface area contributed by atoms with E-state index >= 15 is 0 Å². The zero-order chi connectivity index (χ0) is 15.1. The Morgan fingerprint density at radius 1 is 1.25 bits per heavy atom. The molecular weight excluding hydrogens is 260 g/mol. The van der Waals surface area contributed by atoms with Gasteiger partial charge >= 0.3 is 11.6 Å². The van der Waals surface area contributed by atoms with Gasteiger partial charge in [-0.25, -0.2) is 4.79 Å². The summed E-state index contributed by atoms with van der Waals surface area (Å²) in [6, 6.07) is 4.10. The molecule has 1 aromatic carbocycles. The number of carbonyl (C=O) groups is 1. The Morgan fingerprint density at radius 2 is 1.90 bits per heavy atom. The van der Waals surface area contributed by atoms with Gasteiger partial charge in [-0.1, -0.05) is 0 Å². The highest BCUT2D eigenvalue weighted by Crippen LogP contribution is 2.33. The Balaban J connectivity index is 2.53. The van der Waals surface area contributed by atoms with Crippen LogP contribution < -0.4 is 10.4 Å². The van der Waals surface area contributed by atoms with Crippen molar-refractivity contribution in [2.24, 2.45) is 5.41 Å². The molecular formula is C15H16O5. The molecule has 0 aliphatic rings. The normalized spacial score (nSPS) is 11.6. The highest BCUT2D eigenvalue weighted by atomic mass is 16.5. The number of phenols is 1. The molecule has 2 aromatic rings. The number of esters is 1. The van der Waals surface area contributed by atoms with E-state index in [1.807, 2.05) is 0 Å². The largest absolute Gasteiger partial charge is 0.504 e. The summed E-state index contributed by atoms with van der Waals surface area (Å²) in [7, 11) is 0. The second kappa shape index (κ2) is 4.67. The van der Waals surface area contributed by atoms with Crippen molar-refractivity contribution in [2.75, 3.05) is 0 Å². The van der Waals surface area contributed by atoms with Crippen LogP contribution in [-0.2, 0) is 4.79 Å². The molecule has 0 fully saturated rings. The maximum Gasteiger partial charge on any atom is 0.336 e. The van der Waals surface area contributed by atoms with Crippen molar-refractivity contribution in [1.29, 1.82) is 0 Å². The summed E-state index contributed by atoms with van der Waals surface area (Å²) in [5, 5.41) is 10.5. The van der Waals surface area contributed by atoms with Crippen molar-refractivity contribution < 1.29 is 19.1 Å². The van der Waals surface area contributed by atoms with Crippen molar-refractivity contribution >= 4 is 16.9 Å². The van der Waals surface area contributed by atoms with Crippen molar-refractivity contribution in [3.63, 3.8) is 0 Å². The Kier molecular flexibility index (Phi) is 3.29. The summed E-state index contributed by atoms with van der Waals surface area (Å²) in [6.45, 7) is 6.85. The molecule has 1 heterocycles. The molecule has 0 aliphatic heterocycles. The minimum atomic E-state index is -0.700. The lowest BCUT2D eigenvalue weighted by atomic mass is 9.97. The molecule has 0 spiro atoms. The first-order chi connectivity index (χ1) is 9.18. The minimum Gasteiger partial charge on any atom is -0.504 e. The van der Waals surface area contributed by atoms with Crippen LogP contribution in [0.2, 0.25) is 0 Å². The fourth-order valence-corrected chi connectivity index (χ4v) is 1.67. The molecule has 106 valence electrons. The molecule has 0 bridgehead atoms. The van der Waals surface area contributed by atoms with Gasteiger partial charge in [-0.3, -0.25) is 4.79 Å². The van der Waals surface area contributed by atoms with Crippen LogP contribution in [0.1, 0.15) is 26.3 Å². The molecule has 0 unspecified atom stereocenters. The van der Waals surface area contributed by atoms with Crippen molar-refractivity contribution in [3.8, 4) is 11.5 Å². The first kappa shape index (κ1) is 14.1. The molecule has 0 amide bonds. The van der Waals surface area contributed by atoms with Crippen molar-refractivity contribution in [1.82, 2.24) is 0 Å². The number of aromatic hydroxyl groups is 1. The molecule has 2 rings (SSSR count). The quantitative estimate of drug-likeness (QED) is 0.492. The number of hydrogen-bond donors (Lipinski definition) is 1. The Morgan fingerprint density at radius 3 is 2.50 bits per heavy atom. The van der Waals surface area contributed by atoms with Gasteiger partial charge in [0.2, 0.25) is 0 Å². The first-order valence-electron chi connectivity index (χ1n) is 6.18. The van der Waals surface area contributed by atoms with Gasteiger partial charge in [0.25, 0.3) is 0 Å². The Hall–Kier alpha value is -2.30. The Labute approximate surface area is 115 Å². The molecule has 1 N–H and O–H groups in total. The topological polar surface area (TPSA) is 76.7 Å². The van der Waals surface area contributed by atoms with Crippen LogP contribution in [0, 0.1) is 12.3 Å². The summed E-state index contributed by atoms with van der Waals surface area (Å²) in [5.41, 5.74) is -0.243. The van der Waals surface area contributed by atoms with E-state index in [1.165, 1.54) is 18.2 Å². The monoisotopic (exact) mass is 276 g/mol. The van der Waals surface area contributed by atoms with Gasteiger partial charge in [0.1, 0.15) is 5.58 Å². The average molecular weight is 276 g/mol. The van der Waals surface area contributed by atoms with Gasteiger partial charge in [-0.15, -0.1) is 0 Å². The van der Waals surface area contributed by atoms with Crippen LogP contribution in [0.5, 0.6) is 11.5 Å². The molecule has 0 atom stereocenters. The van der Waals surface area contributed by atoms with Gasteiger partial charge < -0.3 is 14.3 Å². The number of fused-ring (bicyclic) bond motifs is 1. The third kappa shape index (κ3) is 2.66. The lowest BCUT2D eigenvalue weighted by Crippen LogP contribution is -2.25. The minimum absolute atomic E-state index is 0.0221. The van der Waals surface area contributed by atoms with Crippen LogP contribution in [0.25, 0.3) is 11.0 Å². The predicted molar refractivity (Wildman–Crippen MR) is 74.0 cm³/mol. The standard InChI is InChI=1S/C15H16O5/c1-8-5-13(17)19-11-7-12(10(16)6-9(8)11)20-14(18)15(2,3)4/h5-7,16H,1-4H3. The van der Waals surface area contributed by atoms with Crippen LogP contribution in [0.4, 0.5) is 0 Å². The van der Waals surface area contributed by atoms with E-state index in [-0.39, 0.29) is 17.1 Å². The fourth-order valence-electron chi connectivity index (χ4n) is 1.67. The number of carbonyl (C=O) groups excluding carboxylic acids is 1. The molecule has 0 saturated carbocycles. The first-order valence-corrected chi connectivity index (χ1v) is 6.18. The van der Waals surface area contributed by atoms with Crippen LogP contribution in [-0.4, -0.2) is 11.1 Å².